The smallest absolute Gasteiger partial charge is 0.0544 e. The van der Waals surface area contributed by atoms with Crippen LogP contribution in [0.4, 0.5) is 0 Å². The molecule has 0 saturated carbocycles. The summed E-state index contributed by atoms with van der Waals surface area (Å²) in [6.45, 7) is 2.26. The Morgan fingerprint density at radius 2 is 1.83 bits per heavy atom. The molecule has 0 amide bonds. The molecule has 0 aliphatic heterocycles. The number of hydrogen-bond donors (Lipinski definition) is 1. The molecule has 2 N–H and O–H groups in total. The molecular weight excluding hydrogens is 224 g/mol. The van der Waals surface area contributed by atoms with Crippen LogP contribution < -0.4 is 5.73 Å². The van der Waals surface area contributed by atoms with Crippen LogP contribution in [-0.2, 0) is 19.6 Å². The molecule has 0 spiro atoms. The van der Waals surface area contributed by atoms with Gasteiger partial charge in [0.1, 0.15) is 0 Å². The molecule has 2 heterocycles. The van der Waals surface area contributed by atoms with Gasteiger partial charge in [-0.05, 0) is 36.4 Å². The fourth-order valence-electron chi connectivity index (χ4n) is 1.80. The molecule has 4 heteroatoms. The summed E-state index contributed by atoms with van der Waals surface area (Å²) in [6, 6.07) is 8.12. The van der Waals surface area contributed by atoms with E-state index in [2.05, 4.69) is 21.9 Å². The monoisotopic (exact) mass is 242 g/mol. The topological polar surface area (TPSA) is 55.0 Å². The van der Waals surface area contributed by atoms with E-state index in [0.29, 0.717) is 6.54 Å². The molecule has 0 saturated heterocycles. The molecule has 0 aliphatic carbocycles. The van der Waals surface area contributed by atoms with Crippen molar-refractivity contribution in [2.75, 3.05) is 7.05 Å². The van der Waals surface area contributed by atoms with Crippen LogP contribution >= 0.6 is 0 Å². The van der Waals surface area contributed by atoms with Crippen molar-refractivity contribution in [1.29, 1.82) is 0 Å². The molecule has 4 nitrogen and oxygen atoms in total. The fourth-order valence-corrected chi connectivity index (χ4v) is 1.80. The lowest BCUT2D eigenvalue weighted by atomic mass is 10.2. The molecule has 0 aromatic carbocycles. The van der Waals surface area contributed by atoms with Crippen molar-refractivity contribution in [2.24, 2.45) is 5.73 Å². The molecule has 0 unspecified atom stereocenters. The van der Waals surface area contributed by atoms with E-state index in [1.165, 1.54) is 5.56 Å². The van der Waals surface area contributed by atoms with Crippen molar-refractivity contribution in [1.82, 2.24) is 14.9 Å². The fraction of sp³-hybridized carbons (Fsp3) is 0.286. The van der Waals surface area contributed by atoms with Gasteiger partial charge in [0.15, 0.2) is 0 Å². The Kier molecular flexibility index (Phi) is 4.39. The lowest BCUT2D eigenvalue weighted by Gasteiger charge is -2.16. The van der Waals surface area contributed by atoms with E-state index in [-0.39, 0.29) is 0 Å². The van der Waals surface area contributed by atoms with Crippen LogP contribution in [0.3, 0.4) is 0 Å². The Labute approximate surface area is 107 Å². The standard InChI is InChI=1S/C14H18N4/c1-18(10-12-4-6-16-7-5-12)11-14-3-2-13(8-15)9-17-14/h2-7,9H,8,10-11,15H2,1H3. The SMILES string of the molecule is CN(Cc1ccncc1)Cc1ccc(CN)cn1. The molecule has 0 radical (unpaired) electrons. The number of nitrogens with two attached hydrogens (primary N) is 1. The van der Waals surface area contributed by atoms with Crippen molar-refractivity contribution < 1.29 is 0 Å². The normalized spacial score (nSPS) is 10.8. The first-order valence-electron chi connectivity index (χ1n) is 5.99. The van der Waals surface area contributed by atoms with Crippen LogP contribution in [0.1, 0.15) is 16.8 Å². The third-order valence-corrected chi connectivity index (χ3v) is 2.76. The maximum Gasteiger partial charge on any atom is 0.0544 e. The van der Waals surface area contributed by atoms with Crippen LogP contribution in [0.5, 0.6) is 0 Å². The summed E-state index contributed by atoms with van der Waals surface area (Å²) in [5.41, 5.74) is 8.93. The summed E-state index contributed by atoms with van der Waals surface area (Å²) >= 11 is 0. The van der Waals surface area contributed by atoms with Gasteiger partial charge in [-0.1, -0.05) is 6.07 Å². The van der Waals surface area contributed by atoms with Gasteiger partial charge in [-0.25, -0.2) is 0 Å². The Morgan fingerprint density at radius 3 is 2.44 bits per heavy atom. The highest BCUT2D eigenvalue weighted by atomic mass is 15.1. The van der Waals surface area contributed by atoms with Crippen LogP contribution in [0.2, 0.25) is 0 Å². The molecule has 2 rings (SSSR count). The highest BCUT2D eigenvalue weighted by Gasteiger charge is 2.02. The van der Waals surface area contributed by atoms with Crippen molar-refractivity contribution in [2.45, 2.75) is 19.6 Å². The molecular formula is C14H18N4. The number of rotatable bonds is 5. The maximum absolute atomic E-state index is 5.55. The predicted octanol–water partition coefficient (Wildman–Crippen LogP) is 1.57. The lowest BCUT2D eigenvalue weighted by Crippen LogP contribution is -2.18. The van der Waals surface area contributed by atoms with Crippen LogP contribution in [0.15, 0.2) is 42.9 Å². The van der Waals surface area contributed by atoms with Crippen LogP contribution in [0.25, 0.3) is 0 Å². The van der Waals surface area contributed by atoms with Gasteiger partial charge in [-0.3, -0.25) is 14.9 Å². The van der Waals surface area contributed by atoms with E-state index < -0.39 is 0 Å². The molecule has 0 bridgehead atoms. The Bertz CT molecular complexity index is 467. The van der Waals surface area contributed by atoms with E-state index in [0.717, 1.165) is 24.3 Å². The predicted molar refractivity (Wildman–Crippen MR) is 71.5 cm³/mol. The van der Waals surface area contributed by atoms with E-state index in [9.17, 15) is 0 Å². The van der Waals surface area contributed by atoms with Crippen molar-refractivity contribution in [3.05, 3.63) is 59.7 Å². The van der Waals surface area contributed by atoms with Gasteiger partial charge in [0.25, 0.3) is 0 Å². The minimum Gasteiger partial charge on any atom is -0.326 e. The quantitative estimate of drug-likeness (QED) is 0.864. The average molecular weight is 242 g/mol. The van der Waals surface area contributed by atoms with E-state index >= 15 is 0 Å². The lowest BCUT2D eigenvalue weighted by molar-refractivity contribution is 0.315. The van der Waals surface area contributed by atoms with Gasteiger partial charge in [0, 0.05) is 38.2 Å². The minimum absolute atomic E-state index is 0.542. The van der Waals surface area contributed by atoms with E-state index in [1.54, 1.807) is 0 Å². The van der Waals surface area contributed by atoms with Gasteiger partial charge in [-0.15, -0.1) is 0 Å². The second-order valence-corrected chi connectivity index (χ2v) is 4.39. The summed E-state index contributed by atoms with van der Waals surface area (Å²) in [5.74, 6) is 0. The highest BCUT2D eigenvalue weighted by molar-refractivity contribution is 5.14. The van der Waals surface area contributed by atoms with Gasteiger partial charge in [0.05, 0.1) is 5.69 Å². The first-order valence-corrected chi connectivity index (χ1v) is 5.99. The summed E-state index contributed by atoms with van der Waals surface area (Å²) in [4.78, 5) is 10.6. The Hall–Kier alpha value is -1.78. The zero-order valence-corrected chi connectivity index (χ0v) is 10.6. The minimum atomic E-state index is 0.542. The second-order valence-electron chi connectivity index (χ2n) is 4.39. The zero-order valence-electron chi connectivity index (χ0n) is 10.6. The molecule has 94 valence electrons. The molecule has 0 aliphatic rings. The summed E-state index contributed by atoms with van der Waals surface area (Å²) < 4.78 is 0. The molecule has 0 atom stereocenters. The Balaban J connectivity index is 1.92. The van der Waals surface area contributed by atoms with Gasteiger partial charge in [0.2, 0.25) is 0 Å². The van der Waals surface area contributed by atoms with Gasteiger partial charge >= 0.3 is 0 Å². The Morgan fingerprint density at radius 1 is 1.06 bits per heavy atom. The number of nitrogens with zero attached hydrogens (tertiary/aromatic N) is 3. The van der Waals surface area contributed by atoms with Crippen molar-refractivity contribution >= 4 is 0 Å². The van der Waals surface area contributed by atoms with Crippen molar-refractivity contribution in [3.8, 4) is 0 Å². The number of hydrogen-bond acceptors (Lipinski definition) is 4. The average Bonchev–Trinajstić information content (AvgIpc) is 2.40. The third kappa shape index (κ3) is 3.61. The number of aromatic nitrogens is 2. The van der Waals surface area contributed by atoms with E-state index in [4.69, 9.17) is 5.73 Å². The first-order chi connectivity index (χ1) is 8.78. The summed E-state index contributed by atoms with van der Waals surface area (Å²) in [7, 11) is 2.08. The molecule has 18 heavy (non-hydrogen) atoms. The second kappa shape index (κ2) is 6.23. The summed E-state index contributed by atoms with van der Waals surface area (Å²) in [5, 5.41) is 0. The highest BCUT2D eigenvalue weighted by Crippen LogP contribution is 2.06. The summed E-state index contributed by atoms with van der Waals surface area (Å²) in [6.07, 6.45) is 5.48. The van der Waals surface area contributed by atoms with Gasteiger partial charge < -0.3 is 5.73 Å². The first kappa shape index (κ1) is 12.7. The largest absolute Gasteiger partial charge is 0.326 e. The third-order valence-electron chi connectivity index (χ3n) is 2.76. The van der Waals surface area contributed by atoms with Crippen LogP contribution in [0, 0.1) is 0 Å². The molecule has 0 fully saturated rings. The molecule has 2 aromatic rings. The van der Waals surface area contributed by atoms with Crippen molar-refractivity contribution in [3.63, 3.8) is 0 Å². The van der Waals surface area contributed by atoms with Crippen LogP contribution in [-0.4, -0.2) is 21.9 Å². The van der Waals surface area contributed by atoms with E-state index in [1.807, 2.05) is 42.9 Å². The van der Waals surface area contributed by atoms with Gasteiger partial charge in [-0.2, -0.15) is 0 Å². The zero-order chi connectivity index (χ0) is 12.8. The molecule has 2 aromatic heterocycles. The number of pyridine rings is 2. The maximum atomic E-state index is 5.55.